The highest BCUT2D eigenvalue weighted by Crippen LogP contribution is 2.37. The van der Waals surface area contributed by atoms with E-state index in [1.807, 2.05) is 6.92 Å². The van der Waals surface area contributed by atoms with Crippen LogP contribution in [0.1, 0.15) is 29.8 Å². The molecule has 2 aromatic rings. The maximum Gasteiger partial charge on any atom is 0.416 e. The first-order chi connectivity index (χ1) is 9.82. The van der Waals surface area contributed by atoms with Crippen LogP contribution in [0.15, 0.2) is 34.9 Å². The van der Waals surface area contributed by atoms with Crippen LogP contribution in [-0.4, -0.2) is 16.3 Å². The van der Waals surface area contributed by atoms with Crippen LogP contribution in [0.4, 0.5) is 13.2 Å². The zero-order valence-corrected chi connectivity index (χ0v) is 13.2. The van der Waals surface area contributed by atoms with Crippen LogP contribution in [0, 0.1) is 0 Å². The van der Waals surface area contributed by atoms with Crippen LogP contribution in [-0.2, 0) is 13.2 Å². The molecule has 1 atom stereocenters. The van der Waals surface area contributed by atoms with E-state index < -0.39 is 17.8 Å². The number of rotatable bonds is 4. The molecule has 0 saturated heterocycles. The zero-order valence-electron chi connectivity index (χ0n) is 11.6. The number of benzene rings is 1. The number of halogens is 4. The molecule has 114 valence electrons. The first-order valence-corrected chi connectivity index (χ1v) is 7.21. The SMILES string of the molecule is CCNC(c1ccn(C)n1)c1ccc(Br)cc1C(F)(F)F. The molecule has 1 aromatic carbocycles. The van der Waals surface area contributed by atoms with Gasteiger partial charge in [-0.2, -0.15) is 18.3 Å². The number of alkyl halides is 3. The van der Waals surface area contributed by atoms with E-state index in [2.05, 4.69) is 26.3 Å². The lowest BCUT2D eigenvalue weighted by Gasteiger charge is -2.21. The molecule has 3 nitrogen and oxygen atoms in total. The minimum Gasteiger partial charge on any atom is -0.305 e. The predicted octanol–water partition coefficient (Wildman–Crippen LogP) is 3.90. The maximum absolute atomic E-state index is 13.3. The topological polar surface area (TPSA) is 29.9 Å². The van der Waals surface area contributed by atoms with Crippen LogP contribution in [0.3, 0.4) is 0 Å². The quantitative estimate of drug-likeness (QED) is 0.894. The van der Waals surface area contributed by atoms with Gasteiger partial charge in [0.1, 0.15) is 0 Å². The van der Waals surface area contributed by atoms with Gasteiger partial charge in [0, 0.05) is 17.7 Å². The van der Waals surface area contributed by atoms with E-state index in [1.54, 1.807) is 30.1 Å². The van der Waals surface area contributed by atoms with Gasteiger partial charge in [-0.25, -0.2) is 0 Å². The highest BCUT2D eigenvalue weighted by Gasteiger charge is 2.36. The summed E-state index contributed by atoms with van der Waals surface area (Å²) in [5.74, 6) is 0. The fourth-order valence-corrected chi connectivity index (χ4v) is 2.55. The van der Waals surface area contributed by atoms with Crippen molar-refractivity contribution in [2.75, 3.05) is 6.54 Å². The van der Waals surface area contributed by atoms with Crippen LogP contribution in [0.5, 0.6) is 0 Å². The molecule has 2 rings (SSSR count). The Morgan fingerprint density at radius 1 is 1.33 bits per heavy atom. The van der Waals surface area contributed by atoms with Crippen LogP contribution >= 0.6 is 15.9 Å². The second-order valence-corrected chi connectivity index (χ2v) is 5.55. The monoisotopic (exact) mass is 361 g/mol. The summed E-state index contributed by atoms with van der Waals surface area (Å²) in [7, 11) is 1.73. The molecule has 0 amide bonds. The molecule has 1 N–H and O–H groups in total. The third-order valence-corrected chi connectivity index (χ3v) is 3.56. The van der Waals surface area contributed by atoms with Gasteiger partial charge in [-0.05, 0) is 30.3 Å². The second-order valence-electron chi connectivity index (χ2n) is 4.63. The van der Waals surface area contributed by atoms with Crippen molar-refractivity contribution in [1.82, 2.24) is 15.1 Å². The van der Waals surface area contributed by atoms with Crippen molar-refractivity contribution < 1.29 is 13.2 Å². The number of nitrogens with one attached hydrogen (secondary N) is 1. The highest BCUT2D eigenvalue weighted by atomic mass is 79.9. The molecule has 0 aliphatic heterocycles. The molecule has 1 aromatic heterocycles. The summed E-state index contributed by atoms with van der Waals surface area (Å²) in [4.78, 5) is 0. The molecule has 0 aliphatic carbocycles. The number of aryl methyl sites for hydroxylation is 1. The summed E-state index contributed by atoms with van der Waals surface area (Å²) in [6.45, 7) is 2.39. The van der Waals surface area contributed by atoms with Gasteiger partial charge < -0.3 is 5.32 Å². The number of aromatic nitrogens is 2. The van der Waals surface area contributed by atoms with E-state index in [4.69, 9.17) is 0 Å². The Morgan fingerprint density at radius 2 is 2.05 bits per heavy atom. The van der Waals surface area contributed by atoms with Crippen molar-refractivity contribution in [1.29, 1.82) is 0 Å². The summed E-state index contributed by atoms with van der Waals surface area (Å²) in [6.07, 6.45) is -2.70. The van der Waals surface area contributed by atoms with Gasteiger partial charge in [0.25, 0.3) is 0 Å². The highest BCUT2D eigenvalue weighted by molar-refractivity contribution is 9.10. The largest absolute Gasteiger partial charge is 0.416 e. The molecule has 21 heavy (non-hydrogen) atoms. The van der Waals surface area contributed by atoms with Crippen LogP contribution in [0.2, 0.25) is 0 Å². The predicted molar refractivity (Wildman–Crippen MR) is 77.9 cm³/mol. The smallest absolute Gasteiger partial charge is 0.305 e. The Balaban J connectivity index is 2.55. The molecule has 0 spiro atoms. The molecule has 0 radical (unpaired) electrons. The van der Waals surface area contributed by atoms with E-state index in [0.717, 1.165) is 6.07 Å². The Hall–Kier alpha value is -1.34. The number of hydrogen-bond acceptors (Lipinski definition) is 2. The van der Waals surface area contributed by atoms with E-state index >= 15 is 0 Å². The van der Waals surface area contributed by atoms with E-state index in [-0.39, 0.29) is 5.56 Å². The van der Waals surface area contributed by atoms with Gasteiger partial charge in [0.05, 0.1) is 17.3 Å². The third kappa shape index (κ3) is 3.65. The second kappa shape index (κ2) is 6.19. The molecule has 0 fully saturated rings. The lowest BCUT2D eigenvalue weighted by atomic mass is 9.97. The van der Waals surface area contributed by atoms with Gasteiger partial charge >= 0.3 is 6.18 Å². The summed E-state index contributed by atoms with van der Waals surface area (Å²) in [6, 6.07) is 5.31. The molecule has 0 bridgehead atoms. The van der Waals surface area contributed by atoms with Gasteiger partial charge in [-0.15, -0.1) is 0 Å². The van der Waals surface area contributed by atoms with Crippen molar-refractivity contribution in [3.05, 3.63) is 51.8 Å². The number of nitrogens with zero attached hydrogens (tertiary/aromatic N) is 2. The Labute approximate surface area is 129 Å². The molecular formula is C14H15BrF3N3. The average Bonchev–Trinajstić information content (AvgIpc) is 2.82. The lowest BCUT2D eigenvalue weighted by molar-refractivity contribution is -0.138. The summed E-state index contributed by atoms with van der Waals surface area (Å²) < 4.78 is 41.8. The molecule has 0 aliphatic rings. The molecule has 1 unspecified atom stereocenters. The van der Waals surface area contributed by atoms with Crippen molar-refractivity contribution in [2.24, 2.45) is 7.05 Å². The van der Waals surface area contributed by atoms with Gasteiger partial charge in [-0.3, -0.25) is 4.68 Å². The minimum atomic E-state index is -4.42. The molecule has 1 heterocycles. The summed E-state index contributed by atoms with van der Waals surface area (Å²) in [5, 5.41) is 7.30. The molecule has 7 heteroatoms. The summed E-state index contributed by atoms with van der Waals surface area (Å²) in [5.41, 5.74) is 0.0758. The first-order valence-electron chi connectivity index (χ1n) is 6.42. The molecular weight excluding hydrogens is 347 g/mol. The van der Waals surface area contributed by atoms with E-state index in [0.29, 0.717) is 16.7 Å². The van der Waals surface area contributed by atoms with Gasteiger partial charge in [0.2, 0.25) is 0 Å². The first kappa shape index (κ1) is 16.0. The van der Waals surface area contributed by atoms with Gasteiger partial charge in [0.15, 0.2) is 0 Å². The van der Waals surface area contributed by atoms with Crippen molar-refractivity contribution in [2.45, 2.75) is 19.1 Å². The fraction of sp³-hybridized carbons (Fsp3) is 0.357. The third-order valence-electron chi connectivity index (χ3n) is 3.07. The van der Waals surface area contributed by atoms with E-state index in [9.17, 15) is 13.2 Å². The minimum absolute atomic E-state index is 0.172. The number of hydrogen-bond donors (Lipinski definition) is 1. The lowest BCUT2D eigenvalue weighted by Crippen LogP contribution is -2.25. The zero-order chi connectivity index (χ0) is 15.6. The standard InChI is InChI=1S/C14H15BrF3N3/c1-3-19-13(12-6-7-21(2)20-12)10-5-4-9(15)8-11(10)14(16,17)18/h4-8,13,19H,3H2,1-2H3. The average molecular weight is 362 g/mol. The Kier molecular flexibility index (Phi) is 4.73. The van der Waals surface area contributed by atoms with Gasteiger partial charge in [-0.1, -0.05) is 28.9 Å². The van der Waals surface area contributed by atoms with Crippen molar-refractivity contribution >= 4 is 15.9 Å². The Bertz CT molecular complexity index is 622. The maximum atomic E-state index is 13.3. The van der Waals surface area contributed by atoms with Crippen LogP contribution in [0.25, 0.3) is 0 Å². The normalized spacial score (nSPS) is 13.4. The molecule has 0 saturated carbocycles. The van der Waals surface area contributed by atoms with Crippen LogP contribution < -0.4 is 5.32 Å². The van der Waals surface area contributed by atoms with Crippen molar-refractivity contribution in [3.8, 4) is 0 Å². The summed E-state index contributed by atoms with van der Waals surface area (Å²) >= 11 is 3.10. The van der Waals surface area contributed by atoms with E-state index in [1.165, 1.54) is 6.07 Å². The van der Waals surface area contributed by atoms with Crippen molar-refractivity contribution in [3.63, 3.8) is 0 Å². The fourth-order valence-electron chi connectivity index (χ4n) is 2.19. The Morgan fingerprint density at radius 3 is 2.57 bits per heavy atom.